The van der Waals surface area contributed by atoms with Gasteiger partial charge >= 0.3 is 0 Å². The Bertz CT molecular complexity index is 483. The van der Waals surface area contributed by atoms with Crippen LogP contribution in [0.25, 0.3) is 0 Å². The van der Waals surface area contributed by atoms with Crippen LogP contribution in [0.2, 0.25) is 0 Å². The molecule has 17 heavy (non-hydrogen) atoms. The number of nitrogens with zero attached hydrogens (tertiary/aromatic N) is 1. The highest BCUT2D eigenvalue weighted by atomic mass is 16.3. The molecule has 88 valence electrons. The van der Waals surface area contributed by atoms with Crippen molar-refractivity contribution in [2.75, 3.05) is 0 Å². The minimum atomic E-state index is -0.0612. The van der Waals surface area contributed by atoms with Crippen molar-refractivity contribution in [2.45, 2.75) is 25.4 Å². The van der Waals surface area contributed by atoms with E-state index in [1.165, 1.54) is 6.26 Å². The fourth-order valence-corrected chi connectivity index (χ4v) is 1.87. The van der Waals surface area contributed by atoms with Gasteiger partial charge in [-0.3, -0.25) is 4.79 Å². The predicted molar refractivity (Wildman–Crippen MR) is 60.3 cm³/mol. The van der Waals surface area contributed by atoms with E-state index < -0.39 is 0 Å². The van der Waals surface area contributed by atoms with Crippen LogP contribution in [-0.2, 0) is 6.54 Å². The van der Waals surface area contributed by atoms with E-state index in [4.69, 9.17) is 8.83 Å². The van der Waals surface area contributed by atoms with Crippen molar-refractivity contribution in [1.29, 1.82) is 0 Å². The average molecular weight is 231 g/mol. The molecule has 2 aromatic rings. The van der Waals surface area contributed by atoms with Gasteiger partial charge in [-0.2, -0.15) is 0 Å². The lowest BCUT2D eigenvalue weighted by Crippen LogP contribution is -2.32. The van der Waals surface area contributed by atoms with Crippen LogP contribution in [-0.4, -0.2) is 16.8 Å². The Hall–Kier alpha value is -1.97. The Morgan fingerprint density at radius 3 is 2.59 bits per heavy atom. The number of hydrogen-bond acceptors (Lipinski definition) is 3. The molecule has 0 bridgehead atoms. The molecule has 1 aliphatic carbocycles. The Morgan fingerprint density at radius 2 is 2.00 bits per heavy atom. The van der Waals surface area contributed by atoms with Crippen LogP contribution < -0.4 is 0 Å². The van der Waals surface area contributed by atoms with Crippen LogP contribution in [0.1, 0.15) is 29.2 Å². The Balaban J connectivity index is 1.78. The average Bonchev–Trinajstić information content (AvgIpc) is 2.86. The Labute approximate surface area is 98.8 Å². The van der Waals surface area contributed by atoms with Gasteiger partial charge in [0.1, 0.15) is 5.76 Å². The van der Waals surface area contributed by atoms with Gasteiger partial charge in [-0.05, 0) is 37.1 Å². The van der Waals surface area contributed by atoms with E-state index in [0.717, 1.165) is 18.6 Å². The van der Waals surface area contributed by atoms with E-state index in [9.17, 15) is 4.79 Å². The van der Waals surface area contributed by atoms with Gasteiger partial charge in [0.25, 0.3) is 5.91 Å². The van der Waals surface area contributed by atoms with Crippen LogP contribution in [0, 0.1) is 0 Å². The summed E-state index contributed by atoms with van der Waals surface area (Å²) in [5, 5.41) is 0. The molecule has 3 rings (SSSR count). The third-order valence-corrected chi connectivity index (χ3v) is 2.89. The topological polar surface area (TPSA) is 46.6 Å². The summed E-state index contributed by atoms with van der Waals surface area (Å²) in [4.78, 5) is 14.0. The third kappa shape index (κ3) is 2.11. The molecule has 2 aromatic heterocycles. The lowest BCUT2D eigenvalue weighted by Gasteiger charge is -2.19. The molecule has 1 saturated carbocycles. The molecule has 4 heteroatoms. The largest absolute Gasteiger partial charge is 0.467 e. The van der Waals surface area contributed by atoms with Crippen LogP contribution in [0.4, 0.5) is 0 Å². The van der Waals surface area contributed by atoms with Crippen molar-refractivity contribution < 1.29 is 13.6 Å². The van der Waals surface area contributed by atoms with E-state index in [-0.39, 0.29) is 5.91 Å². The summed E-state index contributed by atoms with van der Waals surface area (Å²) in [5.74, 6) is 1.13. The molecule has 0 unspecified atom stereocenters. The van der Waals surface area contributed by atoms with Crippen molar-refractivity contribution in [3.63, 3.8) is 0 Å². The van der Waals surface area contributed by atoms with E-state index >= 15 is 0 Å². The first-order valence-corrected chi connectivity index (χ1v) is 5.71. The second kappa shape index (κ2) is 4.13. The van der Waals surface area contributed by atoms with Gasteiger partial charge < -0.3 is 13.7 Å². The van der Waals surface area contributed by atoms with Crippen LogP contribution >= 0.6 is 0 Å². The molecular weight excluding hydrogens is 218 g/mol. The maximum Gasteiger partial charge on any atom is 0.290 e. The maximum atomic E-state index is 12.2. The molecule has 0 radical (unpaired) electrons. The highest BCUT2D eigenvalue weighted by Gasteiger charge is 2.34. The molecule has 0 aromatic carbocycles. The zero-order valence-corrected chi connectivity index (χ0v) is 9.33. The first-order valence-electron chi connectivity index (χ1n) is 5.71. The number of furan rings is 2. The molecule has 1 amide bonds. The SMILES string of the molecule is O=C(c1ccco1)N(Cc1ccco1)C1CC1. The molecule has 0 atom stereocenters. The first-order chi connectivity index (χ1) is 8.34. The number of carbonyl (C=O) groups excluding carboxylic acids is 1. The summed E-state index contributed by atoms with van der Waals surface area (Å²) < 4.78 is 10.4. The summed E-state index contributed by atoms with van der Waals surface area (Å²) in [5.41, 5.74) is 0. The Morgan fingerprint density at radius 1 is 1.24 bits per heavy atom. The van der Waals surface area contributed by atoms with Crippen LogP contribution in [0.5, 0.6) is 0 Å². The molecule has 0 saturated heterocycles. The molecular formula is C13H13NO3. The summed E-state index contributed by atoms with van der Waals surface area (Å²) in [7, 11) is 0. The van der Waals surface area contributed by atoms with Gasteiger partial charge in [-0.15, -0.1) is 0 Å². The van der Waals surface area contributed by atoms with Crippen LogP contribution in [0.15, 0.2) is 45.6 Å². The third-order valence-electron chi connectivity index (χ3n) is 2.89. The van der Waals surface area contributed by atoms with E-state index in [1.807, 2.05) is 17.0 Å². The van der Waals surface area contributed by atoms with Gasteiger partial charge in [-0.1, -0.05) is 0 Å². The fraction of sp³-hybridized carbons (Fsp3) is 0.308. The molecule has 2 heterocycles. The smallest absolute Gasteiger partial charge is 0.290 e. The summed E-state index contributed by atoms with van der Waals surface area (Å²) in [6.45, 7) is 0.511. The van der Waals surface area contributed by atoms with E-state index in [0.29, 0.717) is 18.3 Å². The molecule has 1 fully saturated rings. The van der Waals surface area contributed by atoms with Crippen LogP contribution in [0.3, 0.4) is 0 Å². The fourth-order valence-electron chi connectivity index (χ4n) is 1.87. The second-order valence-corrected chi connectivity index (χ2v) is 4.22. The normalized spacial score (nSPS) is 14.8. The zero-order valence-electron chi connectivity index (χ0n) is 9.33. The van der Waals surface area contributed by atoms with Gasteiger partial charge in [0.15, 0.2) is 5.76 Å². The van der Waals surface area contributed by atoms with E-state index in [1.54, 1.807) is 18.4 Å². The Kier molecular flexibility index (Phi) is 2.48. The molecule has 1 aliphatic rings. The van der Waals surface area contributed by atoms with E-state index in [2.05, 4.69) is 0 Å². The zero-order chi connectivity index (χ0) is 11.7. The monoisotopic (exact) mass is 231 g/mol. The number of hydrogen-bond donors (Lipinski definition) is 0. The van der Waals surface area contributed by atoms with Crippen molar-refractivity contribution in [3.8, 4) is 0 Å². The minimum absolute atomic E-state index is 0.0612. The lowest BCUT2D eigenvalue weighted by atomic mass is 10.3. The van der Waals surface area contributed by atoms with Gasteiger partial charge in [0.05, 0.1) is 19.1 Å². The van der Waals surface area contributed by atoms with Crippen molar-refractivity contribution in [1.82, 2.24) is 4.90 Å². The lowest BCUT2D eigenvalue weighted by molar-refractivity contribution is 0.0685. The highest BCUT2D eigenvalue weighted by molar-refractivity contribution is 5.91. The van der Waals surface area contributed by atoms with Gasteiger partial charge in [-0.25, -0.2) is 0 Å². The van der Waals surface area contributed by atoms with Crippen molar-refractivity contribution in [2.24, 2.45) is 0 Å². The molecule has 4 nitrogen and oxygen atoms in total. The summed E-state index contributed by atoms with van der Waals surface area (Å²) >= 11 is 0. The van der Waals surface area contributed by atoms with Gasteiger partial charge in [0.2, 0.25) is 0 Å². The number of rotatable bonds is 4. The molecule has 0 N–H and O–H groups in total. The summed E-state index contributed by atoms with van der Waals surface area (Å²) in [6.07, 6.45) is 5.27. The quantitative estimate of drug-likeness (QED) is 0.812. The van der Waals surface area contributed by atoms with Crippen molar-refractivity contribution >= 4 is 5.91 Å². The number of carbonyl (C=O) groups is 1. The minimum Gasteiger partial charge on any atom is -0.467 e. The molecule has 0 aliphatic heterocycles. The molecule has 0 spiro atoms. The second-order valence-electron chi connectivity index (χ2n) is 4.22. The van der Waals surface area contributed by atoms with Crippen molar-refractivity contribution in [3.05, 3.63) is 48.3 Å². The maximum absolute atomic E-state index is 12.2. The summed E-state index contributed by atoms with van der Waals surface area (Å²) in [6, 6.07) is 7.46. The number of amides is 1. The van der Waals surface area contributed by atoms with Gasteiger partial charge in [0, 0.05) is 6.04 Å². The first kappa shape index (κ1) is 10.2. The highest BCUT2D eigenvalue weighted by Crippen LogP contribution is 2.29. The standard InChI is InChI=1S/C13H13NO3/c15-13(12-4-2-8-17-12)14(10-5-6-10)9-11-3-1-7-16-11/h1-4,7-8,10H,5-6,9H2. The predicted octanol–water partition coefficient (Wildman–Crippen LogP) is 2.68.